The number of hydrogen-bond acceptors (Lipinski definition) is 3. The number of hydrogen-bond donors (Lipinski definition) is 1. The molecule has 3 nitrogen and oxygen atoms in total. The second-order valence-electron chi connectivity index (χ2n) is 3.56. The summed E-state index contributed by atoms with van der Waals surface area (Å²) < 4.78 is 32.4. The van der Waals surface area contributed by atoms with Gasteiger partial charge in [-0.25, -0.2) is 13.6 Å². The van der Waals surface area contributed by atoms with E-state index < -0.39 is 17.6 Å². The molecular weight excluding hydrogens is 342 g/mol. The molecule has 0 unspecified atom stereocenters. The molecule has 2 aromatic rings. The Bertz CT molecular complexity index is 627. The minimum absolute atomic E-state index is 0.102. The Morgan fingerprint density at radius 1 is 1.42 bits per heavy atom. The van der Waals surface area contributed by atoms with Crippen LogP contribution in [0.5, 0.6) is 5.75 Å². The molecule has 1 aromatic carbocycles. The van der Waals surface area contributed by atoms with Gasteiger partial charge in [-0.05, 0) is 28.1 Å². The second kappa shape index (κ2) is 5.66. The predicted molar refractivity (Wildman–Crippen MR) is 69.7 cm³/mol. The van der Waals surface area contributed by atoms with Gasteiger partial charge in [0.25, 0.3) is 0 Å². The Balaban J connectivity index is 2.14. The summed E-state index contributed by atoms with van der Waals surface area (Å²) >= 11 is 3.94. The van der Waals surface area contributed by atoms with Crippen molar-refractivity contribution in [2.24, 2.45) is 0 Å². The zero-order chi connectivity index (χ0) is 14.0. The highest BCUT2D eigenvalue weighted by atomic mass is 79.9. The average molecular weight is 349 g/mol. The summed E-state index contributed by atoms with van der Waals surface area (Å²) in [5.74, 6) is -2.25. The molecule has 0 saturated heterocycles. The number of carboxylic acid groups (broad SMARTS) is 1. The molecule has 0 aliphatic rings. The summed E-state index contributed by atoms with van der Waals surface area (Å²) in [6.45, 7) is -0.313. The fraction of sp³-hybridized carbons (Fsp3) is 0.0833. The number of aromatic carboxylic acids is 1. The van der Waals surface area contributed by atoms with Crippen LogP contribution in [-0.4, -0.2) is 11.1 Å². The van der Waals surface area contributed by atoms with Crippen molar-refractivity contribution >= 4 is 33.2 Å². The van der Waals surface area contributed by atoms with Crippen molar-refractivity contribution in [1.29, 1.82) is 0 Å². The van der Waals surface area contributed by atoms with E-state index in [1.54, 1.807) is 0 Å². The Morgan fingerprint density at radius 3 is 2.79 bits per heavy atom. The predicted octanol–water partition coefficient (Wildman–Crippen LogP) is 4.07. The van der Waals surface area contributed by atoms with Crippen molar-refractivity contribution < 1.29 is 23.4 Å². The molecular formula is C12H7BrF2O3S. The summed E-state index contributed by atoms with van der Waals surface area (Å²) in [7, 11) is 0. The number of carbonyl (C=O) groups is 1. The summed E-state index contributed by atoms with van der Waals surface area (Å²) in [5.41, 5.74) is -0.211. The van der Waals surface area contributed by atoms with Crippen molar-refractivity contribution in [3.05, 3.63) is 50.1 Å². The maximum atomic E-state index is 13.6. The second-order valence-corrected chi connectivity index (χ2v) is 5.33. The van der Waals surface area contributed by atoms with Gasteiger partial charge in [-0.2, -0.15) is 0 Å². The van der Waals surface area contributed by atoms with Crippen LogP contribution < -0.4 is 4.74 Å². The molecule has 7 heteroatoms. The minimum atomic E-state index is -1.07. The molecule has 0 aliphatic heterocycles. The summed E-state index contributed by atoms with van der Waals surface area (Å²) in [4.78, 5) is 10.8. The SMILES string of the molecule is O=C(O)c1cc(OCc2c(F)ccc(Br)c2F)cs1. The molecule has 0 atom stereocenters. The van der Waals surface area contributed by atoms with E-state index in [1.165, 1.54) is 17.5 Å². The van der Waals surface area contributed by atoms with Crippen LogP contribution in [0.2, 0.25) is 0 Å². The molecule has 19 heavy (non-hydrogen) atoms. The van der Waals surface area contributed by atoms with Gasteiger partial charge in [-0.1, -0.05) is 0 Å². The Labute approximate surface area is 119 Å². The highest BCUT2D eigenvalue weighted by Gasteiger charge is 2.14. The van der Waals surface area contributed by atoms with Gasteiger partial charge in [0.1, 0.15) is 28.9 Å². The number of halogens is 3. The lowest BCUT2D eigenvalue weighted by Gasteiger charge is -2.07. The van der Waals surface area contributed by atoms with Gasteiger partial charge in [-0.15, -0.1) is 11.3 Å². The first-order valence-electron chi connectivity index (χ1n) is 5.06. The monoisotopic (exact) mass is 348 g/mol. The lowest BCUT2D eigenvalue weighted by atomic mass is 10.2. The van der Waals surface area contributed by atoms with Gasteiger partial charge in [0.2, 0.25) is 0 Å². The van der Waals surface area contributed by atoms with Crippen LogP contribution >= 0.6 is 27.3 Å². The quantitative estimate of drug-likeness (QED) is 0.847. The smallest absolute Gasteiger partial charge is 0.346 e. The van der Waals surface area contributed by atoms with E-state index >= 15 is 0 Å². The van der Waals surface area contributed by atoms with Crippen LogP contribution in [-0.2, 0) is 6.61 Å². The third-order valence-electron chi connectivity index (χ3n) is 2.31. The molecule has 2 rings (SSSR count). The van der Waals surface area contributed by atoms with Crippen molar-refractivity contribution in [1.82, 2.24) is 0 Å². The molecule has 0 fully saturated rings. The summed E-state index contributed by atoms with van der Waals surface area (Å²) in [5, 5.41) is 10.2. The van der Waals surface area contributed by atoms with Crippen LogP contribution in [0.25, 0.3) is 0 Å². The molecule has 0 spiro atoms. The number of thiophene rings is 1. The van der Waals surface area contributed by atoms with Gasteiger partial charge in [0.15, 0.2) is 0 Å². The van der Waals surface area contributed by atoms with Crippen LogP contribution in [0.4, 0.5) is 8.78 Å². The van der Waals surface area contributed by atoms with Crippen molar-refractivity contribution in [3.63, 3.8) is 0 Å². The number of benzene rings is 1. The Hall–Kier alpha value is -1.47. The topological polar surface area (TPSA) is 46.5 Å². The maximum Gasteiger partial charge on any atom is 0.346 e. The van der Waals surface area contributed by atoms with Crippen LogP contribution in [0.3, 0.4) is 0 Å². The standard InChI is InChI=1S/C12H7BrF2O3S/c13-8-1-2-9(14)7(11(8)15)4-18-6-3-10(12(16)17)19-5-6/h1-3,5H,4H2,(H,16,17). The summed E-state index contributed by atoms with van der Waals surface area (Å²) in [6, 6.07) is 3.70. The first-order valence-corrected chi connectivity index (χ1v) is 6.73. The molecule has 0 aliphatic carbocycles. The van der Waals surface area contributed by atoms with Crippen LogP contribution in [0.15, 0.2) is 28.1 Å². The van der Waals surface area contributed by atoms with Crippen molar-refractivity contribution in [2.75, 3.05) is 0 Å². The lowest BCUT2D eigenvalue weighted by molar-refractivity contribution is 0.0702. The normalized spacial score (nSPS) is 10.5. The molecule has 0 amide bonds. The third-order valence-corrected chi connectivity index (χ3v) is 3.82. The van der Waals surface area contributed by atoms with Gasteiger partial charge < -0.3 is 9.84 Å². The van der Waals surface area contributed by atoms with Crippen LogP contribution in [0, 0.1) is 11.6 Å². The van der Waals surface area contributed by atoms with E-state index in [4.69, 9.17) is 9.84 Å². The van der Waals surface area contributed by atoms with Crippen LogP contribution in [0.1, 0.15) is 15.2 Å². The lowest BCUT2D eigenvalue weighted by Crippen LogP contribution is -2.02. The van der Waals surface area contributed by atoms with E-state index in [1.807, 2.05) is 0 Å². The fourth-order valence-electron chi connectivity index (χ4n) is 1.36. The van der Waals surface area contributed by atoms with E-state index in [-0.39, 0.29) is 27.3 Å². The molecule has 0 bridgehead atoms. The largest absolute Gasteiger partial charge is 0.488 e. The molecule has 0 saturated carbocycles. The Kier molecular flexibility index (Phi) is 4.16. The first kappa shape index (κ1) is 14.0. The molecule has 100 valence electrons. The zero-order valence-electron chi connectivity index (χ0n) is 9.32. The Morgan fingerprint density at radius 2 is 2.16 bits per heavy atom. The van der Waals surface area contributed by atoms with Crippen molar-refractivity contribution in [3.8, 4) is 5.75 Å². The number of rotatable bonds is 4. The fourth-order valence-corrected chi connectivity index (χ4v) is 2.40. The molecule has 1 N–H and O–H groups in total. The highest BCUT2D eigenvalue weighted by molar-refractivity contribution is 9.10. The van der Waals surface area contributed by atoms with Gasteiger partial charge >= 0.3 is 5.97 Å². The van der Waals surface area contributed by atoms with Gasteiger partial charge in [0.05, 0.1) is 10.0 Å². The van der Waals surface area contributed by atoms with Gasteiger partial charge in [-0.3, -0.25) is 0 Å². The van der Waals surface area contributed by atoms with E-state index in [0.29, 0.717) is 0 Å². The van der Waals surface area contributed by atoms with E-state index in [0.717, 1.165) is 17.4 Å². The number of ether oxygens (including phenoxy) is 1. The first-order chi connectivity index (χ1) is 8.99. The van der Waals surface area contributed by atoms with E-state index in [9.17, 15) is 13.6 Å². The van der Waals surface area contributed by atoms with E-state index in [2.05, 4.69) is 15.9 Å². The van der Waals surface area contributed by atoms with Gasteiger partial charge in [0, 0.05) is 11.4 Å². The zero-order valence-corrected chi connectivity index (χ0v) is 11.7. The van der Waals surface area contributed by atoms with Crippen molar-refractivity contribution in [2.45, 2.75) is 6.61 Å². The third kappa shape index (κ3) is 3.10. The summed E-state index contributed by atoms with van der Waals surface area (Å²) in [6.07, 6.45) is 0. The molecule has 1 heterocycles. The minimum Gasteiger partial charge on any atom is -0.488 e. The molecule has 0 radical (unpaired) electrons. The average Bonchev–Trinajstić information content (AvgIpc) is 2.83. The number of carboxylic acids is 1. The maximum absolute atomic E-state index is 13.6. The molecule has 1 aromatic heterocycles. The highest BCUT2D eigenvalue weighted by Crippen LogP contribution is 2.25.